The van der Waals surface area contributed by atoms with Crippen LogP contribution in [0, 0.1) is 0 Å². The van der Waals surface area contributed by atoms with Gasteiger partial charge in [0.05, 0.1) is 8.07 Å². The van der Waals surface area contributed by atoms with E-state index in [1.807, 2.05) is 0 Å². The third kappa shape index (κ3) is 6.05. The van der Waals surface area contributed by atoms with Crippen LogP contribution in [-0.4, -0.2) is 11.9 Å². The molecule has 0 heterocycles. The second-order valence-corrected chi connectivity index (χ2v) is 20.0. The van der Waals surface area contributed by atoms with E-state index >= 15 is 0 Å². The van der Waals surface area contributed by atoms with Crippen LogP contribution in [0.2, 0.25) is 19.6 Å². The van der Waals surface area contributed by atoms with E-state index in [1.165, 1.54) is 34.0 Å². The lowest BCUT2D eigenvalue weighted by atomic mass is 9.75. The van der Waals surface area contributed by atoms with E-state index in [9.17, 15) is 0 Å². The number of hydrogen-bond acceptors (Lipinski definition) is 0. The summed E-state index contributed by atoms with van der Waals surface area (Å²) in [5.74, 6) is 0. The van der Waals surface area contributed by atoms with Crippen LogP contribution in [0.25, 0.3) is 0 Å². The molecule has 0 nitrogen and oxygen atoms in total. The molecule has 0 aliphatic heterocycles. The Morgan fingerprint density at radius 1 is 0.760 bits per heavy atom. The van der Waals surface area contributed by atoms with Crippen LogP contribution >= 0.6 is 24.1 Å². The van der Waals surface area contributed by atoms with Gasteiger partial charge in [-0.25, -0.2) is 0 Å². The molecule has 1 rings (SSSR count). The molecule has 1 aromatic rings. The summed E-state index contributed by atoms with van der Waals surface area (Å²) in [7, 11) is 0.0239. The Balaban J connectivity index is 3.96. The second-order valence-electron chi connectivity index (χ2n) is 11.3. The topological polar surface area (TPSA) is 0 Å². The van der Waals surface area contributed by atoms with Crippen molar-refractivity contribution in [2.45, 2.75) is 98.2 Å². The zero-order valence-electron chi connectivity index (χ0n) is 18.5. The summed E-state index contributed by atoms with van der Waals surface area (Å²) in [5, 5.41) is 1.52. The Labute approximate surface area is 168 Å². The molecule has 0 N–H and O–H groups in total. The third-order valence-electron chi connectivity index (χ3n) is 4.42. The molecule has 0 aromatic heterocycles. The van der Waals surface area contributed by atoms with E-state index in [4.69, 9.17) is 0 Å². The lowest BCUT2D eigenvalue weighted by Gasteiger charge is -2.33. The van der Waals surface area contributed by atoms with Gasteiger partial charge in [0.1, 0.15) is 0 Å². The molecule has 0 spiro atoms. The summed E-state index contributed by atoms with van der Waals surface area (Å²) in [5.41, 5.74) is 4.88. The van der Waals surface area contributed by atoms with Crippen molar-refractivity contribution in [3.63, 3.8) is 0 Å². The average Bonchev–Trinajstić information content (AvgIpc) is 2.33. The molecule has 0 unspecified atom stereocenters. The fourth-order valence-electron chi connectivity index (χ4n) is 2.60. The van der Waals surface area contributed by atoms with Crippen molar-refractivity contribution in [1.29, 1.82) is 0 Å². The van der Waals surface area contributed by atoms with Gasteiger partial charge in [0.15, 0.2) is 0 Å². The summed E-state index contributed by atoms with van der Waals surface area (Å²) < 4.78 is 1.49. The van der Waals surface area contributed by atoms with Crippen LogP contribution in [0.1, 0.15) is 79.0 Å². The van der Waals surface area contributed by atoms with Gasteiger partial charge in [0.25, 0.3) is 0 Å². The number of halogens is 1. The standard InChI is InChI=1S/C22H38BrPSi/c1-20(2,3)15-13-16(21(4,5)6)18(17(14-15)22(7,8)9)24-19(23)25(10,11)12/h13-14H,1-12H3. The smallest absolute Gasteiger partial charge is 0.0648 e. The molecule has 0 saturated carbocycles. The largest absolute Gasteiger partial charge is 0.0925 e. The summed E-state index contributed by atoms with van der Waals surface area (Å²) in [6.45, 7) is 28.3. The van der Waals surface area contributed by atoms with Gasteiger partial charge in [0.2, 0.25) is 0 Å². The lowest BCUT2D eigenvalue weighted by Crippen LogP contribution is -2.32. The Morgan fingerprint density at radius 2 is 1.12 bits per heavy atom. The van der Waals surface area contributed by atoms with Gasteiger partial charge in [-0.15, -0.1) is 0 Å². The minimum Gasteiger partial charge on any atom is -0.0648 e. The second kappa shape index (κ2) is 7.25. The van der Waals surface area contributed by atoms with Crippen molar-refractivity contribution in [3.8, 4) is 0 Å². The van der Waals surface area contributed by atoms with Crippen LogP contribution in [0.4, 0.5) is 0 Å². The van der Waals surface area contributed by atoms with Crippen molar-refractivity contribution in [2.24, 2.45) is 0 Å². The fraction of sp³-hybridized carbons (Fsp3) is 0.682. The van der Waals surface area contributed by atoms with Crippen LogP contribution < -0.4 is 5.30 Å². The van der Waals surface area contributed by atoms with Gasteiger partial charge in [-0.3, -0.25) is 0 Å². The van der Waals surface area contributed by atoms with Crippen molar-refractivity contribution in [2.75, 3.05) is 0 Å². The summed E-state index contributed by atoms with van der Waals surface area (Å²) in [6, 6.07) is 4.95. The van der Waals surface area contributed by atoms with E-state index in [0.717, 1.165) is 0 Å². The molecular weight excluding hydrogens is 403 g/mol. The molecule has 0 saturated heterocycles. The highest BCUT2D eigenvalue weighted by atomic mass is 79.9. The minimum atomic E-state index is -1.34. The van der Waals surface area contributed by atoms with Gasteiger partial charge in [-0.2, -0.15) is 0 Å². The van der Waals surface area contributed by atoms with Gasteiger partial charge in [-0.05, 0) is 32.9 Å². The minimum absolute atomic E-state index is 0.135. The Hall–Kier alpha value is 0.0869. The van der Waals surface area contributed by atoms with E-state index in [1.54, 1.807) is 0 Å². The molecule has 0 atom stereocenters. The van der Waals surface area contributed by atoms with Crippen LogP contribution in [0.3, 0.4) is 0 Å². The highest BCUT2D eigenvalue weighted by Crippen LogP contribution is 2.36. The quantitative estimate of drug-likeness (QED) is 0.328. The Kier molecular flexibility index (Phi) is 6.70. The SMILES string of the molecule is CC(C)(C)c1cc(C(C)(C)C)c(P=C(Br)[Si](C)(C)C)c(C(C)(C)C)c1. The van der Waals surface area contributed by atoms with Gasteiger partial charge in [-0.1, -0.05) is 118 Å². The summed E-state index contributed by atoms with van der Waals surface area (Å²) in [4.78, 5) is 0. The van der Waals surface area contributed by atoms with E-state index < -0.39 is 8.07 Å². The molecule has 3 heteroatoms. The summed E-state index contributed by atoms with van der Waals surface area (Å²) in [6.07, 6.45) is 0. The maximum absolute atomic E-state index is 3.96. The molecule has 1 aromatic carbocycles. The van der Waals surface area contributed by atoms with E-state index in [-0.39, 0.29) is 16.2 Å². The van der Waals surface area contributed by atoms with Crippen molar-refractivity contribution in [3.05, 3.63) is 28.8 Å². The zero-order valence-corrected chi connectivity index (χ0v) is 22.0. The number of benzene rings is 1. The molecule has 0 radical (unpaired) electrons. The fourth-order valence-corrected chi connectivity index (χ4v) is 6.04. The number of rotatable bonds is 2. The number of hydrogen-bond donors (Lipinski definition) is 0. The predicted molar refractivity (Wildman–Crippen MR) is 126 cm³/mol. The van der Waals surface area contributed by atoms with Crippen molar-refractivity contribution < 1.29 is 0 Å². The van der Waals surface area contributed by atoms with E-state index in [0.29, 0.717) is 0 Å². The van der Waals surface area contributed by atoms with Gasteiger partial charge < -0.3 is 0 Å². The van der Waals surface area contributed by atoms with Crippen molar-refractivity contribution >= 4 is 41.3 Å². The molecule has 0 aliphatic rings. The molecule has 0 amide bonds. The van der Waals surface area contributed by atoms with E-state index in [2.05, 4.69) is 110 Å². The Bertz CT molecular complexity index is 624. The van der Waals surface area contributed by atoms with Crippen LogP contribution in [-0.2, 0) is 16.2 Å². The first-order chi connectivity index (χ1) is 10.8. The highest BCUT2D eigenvalue weighted by Gasteiger charge is 2.29. The molecule has 0 bridgehead atoms. The zero-order chi connectivity index (χ0) is 20.0. The predicted octanol–water partition coefficient (Wildman–Crippen LogP) is 7.55. The molecule has 25 heavy (non-hydrogen) atoms. The van der Waals surface area contributed by atoms with Crippen LogP contribution in [0.5, 0.6) is 0 Å². The van der Waals surface area contributed by atoms with Gasteiger partial charge >= 0.3 is 0 Å². The molecule has 142 valence electrons. The third-order valence-corrected chi connectivity index (χ3v) is 13.0. The van der Waals surface area contributed by atoms with Gasteiger partial charge in [0, 0.05) is 9.13 Å². The van der Waals surface area contributed by atoms with Crippen LogP contribution in [0.15, 0.2) is 12.1 Å². The first-order valence-corrected chi connectivity index (χ1v) is 14.5. The Morgan fingerprint density at radius 3 is 1.36 bits per heavy atom. The average molecular weight is 442 g/mol. The monoisotopic (exact) mass is 440 g/mol. The first kappa shape index (κ1) is 23.1. The maximum Gasteiger partial charge on any atom is 0.0925 e. The molecular formula is C22H38BrPSi. The maximum atomic E-state index is 3.96. The molecule has 0 fully saturated rings. The lowest BCUT2D eigenvalue weighted by molar-refractivity contribution is 0.554. The van der Waals surface area contributed by atoms with Crippen molar-refractivity contribution in [1.82, 2.24) is 0 Å². The molecule has 0 aliphatic carbocycles. The normalized spacial score (nSPS) is 14.8. The first-order valence-electron chi connectivity index (χ1n) is 9.29. The highest BCUT2D eigenvalue weighted by molar-refractivity contribution is 9.20. The summed E-state index contributed by atoms with van der Waals surface area (Å²) >= 11 is 3.96.